The fraction of sp³-hybridized carbons (Fsp3) is 0.286. The fourth-order valence-electron chi connectivity index (χ4n) is 1.67. The van der Waals surface area contributed by atoms with E-state index in [9.17, 15) is 4.39 Å². The SMILES string of the molecule is CCOc1ccc(NC(C)c2ccc(F)cn2)cn1. The number of nitrogens with zero attached hydrogens (tertiary/aromatic N) is 2. The second-order valence-corrected chi connectivity index (χ2v) is 4.09. The Morgan fingerprint density at radius 1 is 1.21 bits per heavy atom. The van der Waals surface area contributed by atoms with Crippen molar-refractivity contribution in [1.82, 2.24) is 9.97 Å². The average molecular weight is 261 g/mol. The third kappa shape index (κ3) is 3.64. The maximum absolute atomic E-state index is 12.8. The van der Waals surface area contributed by atoms with Crippen molar-refractivity contribution < 1.29 is 9.13 Å². The highest BCUT2D eigenvalue weighted by atomic mass is 19.1. The van der Waals surface area contributed by atoms with Gasteiger partial charge in [-0.2, -0.15) is 0 Å². The monoisotopic (exact) mass is 261 g/mol. The second-order valence-electron chi connectivity index (χ2n) is 4.09. The zero-order chi connectivity index (χ0) is 13.7. The Kier molecular flexibility index (Phi) is 4.28. The van der Waals surface area contributed by atoms with E-state index >= 15 is 0 Å². The third-order valence-corrected chi connectivity index (χ3v) is 2.61. The number of aromatic nitrogens is 2. The number of hydrogen-bond acceptors (Lipinski definition) is 4. The van der Waals surface area contributed by atoms with Crippen LogP contribution < -0.4 is 10.1 Å². The van der Waals surface area contributed by atoms with Crippen LogP contribution in [0.4, 0.5) is 10.1 Å². The maximum atomic E-state index is 12.8. The molecule has 2 aromatic heterocycles. The predicted molar refractivity (Wildman–Crippen MR) is 71.6 cm³/mol. The first-order valence-corrected chi connectivity index (χ1v) is 6.16. The number of nitrogens with one attached hydrogen (secondary N) is 1. The first-order chi connectivity index (χ1) is 9.19. The fourth-order valence-corrected chi connectivity index (χ4v) is 1.67. The van der Waals surface area contributed by atoms with Gasteiger partial charge in [0.2, 0.25) is 5.88 Å². The van der Waals surface area contributed by atoms with E-state index in [0.717, 1.165) is 11.4 Å². The standard InChI is InChI=1S/C14H16FN3O/c1-3-19-14-7-5-12(9-17-14)18-10(2)13-6-4-11(15)8-16-13/h4-10,18H,3H2,1-2H3. The molecule has 0 bridgehead atoms. The first kappa shape index (κ1) is 13.3. The summed E-state index contributed by atoms with van der Waals surface area (Å²) >= 11 is 0. The van der Waals surface area contributed by atoms with E-state index in [-0.39, 0.29) is 11.9 Å². The summed E-state index contributed by atoms with van der Waals surface area (Å²) in [4.78, 5) is 8.20. The van der Waals surface area contributed by atoms with E-state index in [1.807, 2.05) is 19.9 Å². The summed E-state index contributed by atoms with van der Waals surface area (Å²) in [6, 6.07) is 6.72. The first-order valence-electron chi connectivity index (χ1n) is 6.16. The summed E-state index contributed by atoms with van der Waals surface area (Å²) in [6.07, 6.45) is 2.91. The zero-order valence-electron chi connectivity index (χ0n) is 10.9. The summed E-state index contributed by atoms with van der Waals surface area (Å²) < 4.78 is 18.1. The van der Waals surface area contributed by atoms with Gasteiger partial charge in [0.15, 0.2) is 0 Å². The third-order valence-electron chi connectivity index (χ3n) is 2.61. The molecule has 0 fully saturated rings. The van der Waals surface area contributed by atoms with Gasteiger partial charge >= 0.3 is 0 Å². The van der Waals surface area contributed by atoms with Crippen LogP contribution in [0.5, 0.6) is 5.88 Å². The molecule has 0 aromatic carbocycles. The van der Waals surface area contributed by atoms with Crippen LogP contribution in [0.15, 0.2) is 36.7 Å². The molecule has 2 aromatic rings. The van der Waals surface area contributed by atoms with E-state index in [1.54, 1.807) is 18.3 Å². The lowest BCUT2D eigenvalue weighted by Gasteiger charge is -2.14. The molecule has 0 spiro atoms. The van der Waals surface area contributed by atoms with E-state index in [4.69, 9.17) is 4.74 Å². The van der Waals surface area contributed by atoms with Gasteiger partial charge < -0.3 is 10.1 Å². The average Bonchev–Trinajstić information content (AvgIpc) is 2.42. The van der Waals surface area contributed by atoms with Gasteiger partial charge in [-0.25, -0.2) is 9.37 Å². The van der Waals surface area contributed by atoms with Crippen molar-refractivity contribution >= 4 is 5.69 Å². The highest BCUT2D eigenvalue weighted by molar-refractivity contribution is 5.43. The molecule has 0 saturated carbocycles. The number of rotatable bonds is 5. The van der Waals surface area contributed by atoms with Gasteiger partial charge in [0.25, 0.3) is 0 Å². The topological polar surface area (TPSA) is 47.0 Å². The molecule has 0 aliphatic heterocycles. The summed E-state index contributed by atoms with van der Waals surface area (Å²) in [5, 5.41) is 3.24. The Morgan fingerprint density at radius 3 is 2.63 bits per heavy atom. The van der Waals surface area contributed by atoms with Crippen LogP contribution in [0.1, 0.15) is 25.6 Å². The Hall–Kier alpha value is -2.17. The number of hydrogen-bond donors (Lipinski definition) is 1. The molecule has 100 valence electrons. The van der Waals surface area contributed by atoms with Crippen LogP contribution in [0.2, 0.25) is 0 Å². The molecule has 0 amide bonds. The van der Waals surface area contributed by atoms with E-state index < -0.39 is 0 Å². The van der Waals surface area contributed by atoms with Crippen LogP contribution in [0.25, 0.3) is 0 Å². The highest BCUT2D eigenvalue weighted by Crippen LogP contribution is 2.18. The Balaban J connectivity index is 2.01. The van der Waals surface area contributed by atoms with Gasteiger partial charge in [-0.05, 0) is 32.0 Å². The van der Waals surface area contributed by atoms with Crippen molar-refractivity contribution in [2.75, 3.05) is 11.9 Å². The van der Waals surface area contributed by atoms with Crippen LogP contribution >= 0.6 is 0 Å². The molecular weight excluding hydrogens is 245 g/mol. The number of ether oxygens (including phenoxy) is 1. The van der Waals surface area contributed by atoms with Gasteiger partial charge in [-0.15, -0.1) is 0 Å². The van der Waals surface area contributed by atoms with Crippen molar-refractivity contribution in [3.8, 4) is 5.88 Å². The predicted octanol–water partition coefficient (Wildman–Crippen LogP) is 3.19. The molecule has 0 aliphatic rings. The molecule has 2 heterocycles. The van der Waals surface area contributed by atoms with Crippen LogP contribution in [0, 0.1) is 5.82 Å². The number of pyridine rings is 2. The van der Waals surface area contributed by atoms with Crippen molar-refractivity contribution in [2.24, 2.45) is 0 Å². The molecule has 19 heavy (non-hydrogen) atoms. The van der Waals surface area contributed by atoms with E-state index in [0.29, 0.717) is 12.5 Å². The molecule has 1 unspecified atom stereocenters. The highest BCUT2D eigenvalue weighted by Gasteiger charge is 2.07. The Bertz CT molecular complexity index is 513. The number of anilines is 1. The minimum atomic E-state index is -0.335. The smallest absolute Gasteiger partial charge is 0.213 e. The van der Waals surface area contributed by atoms with Gasteiger partial charge in [-0.3, -0.25) is 4.98 Å². The van der Waals surface area contributed by atoms with E-state index in [2.05, 4.69) is 15.3 Å². The minimum absolute atomic E-state index is 0.0275. The summed E-state index contributed by atoms with van der Waals surface area (Å²) in [6.45, 7) is 4.46. The Labute approximate surface area is 111 Å². The Morgan fingerprint density at radius 2 is 2.05 bits per heavy atom. The van der Waals surface area contributed by atoms with Gasteiger partial charge in [0.05, 0.1) is 36.4 Å². The minimum Gasteiger partial charge on any atom is -0.478 e. The van der Waals surface area contributed by atoms with Crippen molar-refractivity contribution in [2.45, 2.75) is 19.9 Å². The molecular formula is C14H16FN3O. The van der Waals surface area contributed by atoms with Crippen molar-refractivity contribution in [3.63, 3.8) is 0 Å². The van der Waals surface area contributed by atoms with Crippen molar-refractivity contribution in [1.29, 1.82) is 0 Å². The van der Waals surface area contributed by atoms with Gasteiger partial charge in [0, 0.05) is 6.07 Å². The summed E-state index contributed by atoms with van der Waals surface area (Å²) in [7, 11) is 0. The van der Waals surface area contributed by atoms with Gasteiger partial charge in [-0.1, -0.05) is 0 Å². The quantitative estimate of drug-likeness (QED) is 0.898. The van der Waals surface area contributed by atoms with Crippen LogP contribution in [0.3, 0.4) is 0 Å². The van der Waals surface area contributed by atoms with Crippen LogP contribution in [-0.2, 0) is 0 Å². The summed E-state index contributed by atoms with van der Waals surface area (Å²) in [5.74, 6) is 0.263. The largest absolute Gasteiger partial charge is 0.478 e. The molecule has 2 rings (SSSR count). The lowest BCUT2D eigenvalue weighted by atomic mass is 10.2. The molecule has 4 nitrogen and oxygen atoms in total. The molecule has 0 aliphatic carbocycles. The molecule has 1 N–H and O–H groups in total. The van der Waals surface area contributed by atoms with Crippen molar-refractivity contribution in [3.05, 3.63) is 48.2 Å². The molecule has 1 atom stereocenters. The zero-order valence-corrected chi connectivity index (χ0v) is 10.9. The number of halogens is 1. The van der Waals surface area contributed by atoms with Crippen LogP contribution in [-0.4, -0.2) is 16.6 Å². The normalized spacial score (nSPS) is 11.9. The maximum Gasteiger partial charge on any atom is 0.213 e. The summed E-state index contributed by atoms with van der Waals surface area (Å²) in [5.41, 5.74) is 1.64. The van der Waals surface area contributed by atoms with Gasteiger partial charge in [0.1, 0.15) is 5.82 Å². The lowest BCUT2D eigenvalue weighted by Crippen LogP contribution is -2.08. The second kappa shape index (κ2) is 6.13. The molecule has 5 heteroatoms. The van der Waals surface area contributed by atoms with E-state index in [1.165, 1.54) is 12.3 Å². The lowest BCUT2D eigenvalue weighted by molar-refractivity contribution is 0.327. The molecule has 0 saturated heterocycles. The molecule has 0 radical (unpaired) electrons.